The Morgan fingerprint density at radius 2 is 2.00 bits per heavy atom. The monoisotopic (exact) mass is 284 g/mol. The number of hydrogen-bond acceptors (Lipinski definition) is 4. The van der Waals surface area contributed by atoms with Crippen molar-refractivity contribution in [2.24, 2.45) is 5.92 Å². The molecule has 0 spiro atoms. The molecule has 0 aromatic rings. The van der Waals surface area contributed by atoms with Gasteiger partial charge in [-0.25, -0.2) is 4.79 Å². The van der Waals surface area contributed by atoms with Crippen LogP contribution in [0.3, 0.4) is 0 Å². The number of amides is 1. The Balaban J connectivity index is 1.97. The van der Waals surface area contributed by atoms with E-state index in [-0.39, 0.29) is 24.2 Å². The average molecular weight is 284 g/mol. The molecule has 5 nitrogen and oxygen atoms in total. The molecule has 1 amide bonds. The number of carbonyl (C=O) groups is 1. The maximum absolute atomic E-state index is 11.4. The molecule has 2 fully saturated rings. The zero-order chi connectivity index (χ0) is 14.5. The lowest BCUT2D eigenvalue weighted by Gasteiger charge is -2.44. The van der Waals surface area contributed by atoms with Gasteiger partial charge in [0.05, 0.1) is 13.2 Å². The van der Waals surface area contributed by atoms with Gasteiger partial charge >= 0.3 is 6.09 Å². The minimum Gasteiger partial charge on any atom is -0.453 e. The maximum atomic E-state index is 11.4. The molecule has 1 saturated heterocycles. The van der Waals surface area contributed by atoms with Crippen molar-refractivity contribution < 1.29 is 14.6 Å². The highest BCUT2D eigenvalue weighted by molar-refractivity contribution is 5.67. The fraction of sp³-hybridized carbons (Fsp3) is 0.933. The van der Waals surface area contributed by atoms with Crippen LogP contribution in [0.4, 0.5) is 4.79 Å². The second kappa shape index (κ2) is 7.27. The summed E-state index contributed by atoms with van der Waals surface area (Å²) < 4.78 is 4.70. The standard InChI is InChI=1S/C15H28N2O3/c1-11(18)12-8-13(16-15(19)20-2)10-17(9-12)14-6-4-3-5-7-14/h11-14,18H,3-10H2,1-2H3,(H,16,19). The third-order valence-electron chi connectivity index (χ3n) is 4.79. The molecule has 2 N–H and O–H groups in total. The van der Waals surface area contributed by atoms with E-state index in [0.717, 1.165) is 19.5 Å². The van der Waals surface area contributed by atoms with E-state index in [1.165, 1.54) is 39.2 Å². The summed E-state index contributed by atoms with van der Waals surface area (Å²) in [6, 6.07) is 0.699. The van der Waals surface area contributed by atoms with Crippen LogP contribution < -0.4 is 5.32 Å². The Bertz CT molecular complexity index is 316. The Morgan fingerprint density at radius 3 is 2.60 bits per heavy atom. The van der Waals surface area contributed by atoms with Gasteiger partial charge in [0.1, 0.15) is 0 Å². The van der Waals surface area contributed by atoms with Crippen molar-refractivity contribution in [2.45, 2.75) is 63.6 Å². The van der Waals surface area contributed by atoms with Crippen LogP contribution in [0, 0.1) is 5.92 Å². The van der Waals surface area contributed by atoms with Gasteiger partial charge in [0.25, 0.3) is 0 Å². The van der Waals surface area contributed by atoms with Crippen molar-refractivity contribution in [2.75, 3.05) is 20.2 Å². The highest BCUT2D eigenvalue weighted by atomic mass is 16.5. The quantitative estimate of drug-likeness (QED) is 0.829. The molecule has 1 aliphatic carbocycles. The van der Waals surface area contributed by atoms with Crippen LogP contribution in [0.5, 0.6) is 0 Å². The third-order valence-corrected chi connectivity index (χ3v) is 4.79. The van der Waals surface area contributed by atoms with Gasteiger partial charge in [-0.1, -0.05) is 19.3 Å². The third kappa shape index (κ3) is 4.09. The maximum Gasteiger partial charge on any atom is 0.407 e. The highest BCUT2D eigenvalue weighted by Gasteiger charge is 2.34. The summed E-state index contributed by atoms with van der Waals surface area (Å²) in [4.78, 5) is 13.9. The molecule has 5 heteroatoms. The van der Waals surface area contributed by atoms with Gasteiger partial charge in [0, 0.05) is 25.2 Å². The van der Waals surface area contributed by atoms with Crippen molar-refractivity contribution in [3.63, 3.8) is 0 Å². The van der Waals surface area contributed by atoms with Gasteiger partial charge in [-0.2, -0.15) is 0 Å². The summed E-state index contributed by atoms with van der Waals surface area (Å²) in [7, 11) is 1.39. The number of methoxy groups -OCH3 is 1. The predicted molar refractivity (Wildman–Crippen MR) is 77.6 cm³/mol. The Hall–Kier alpha value is -0.810. The first-order chi connectivity index (χ1) is 9.60. The van der Waals surface area contributed by atoms with Gasteiger partial charge < -0.3 is 15.2 Å². The van der Waals surface area contributed by atoms with Crippen LogP contribution in [0.15, 0.2) is 0 Å². The van der Waals surface area contributed by atoms with E-state index < -0.39 is 0 Å². The lowest BCUT2D eigenvalue weighted by molar-refractivity contribution is 0.0206. The van der Waals surface area contributed by atoms with Crippen LogP contribution in [-0.2, 0) is 4.74 Å². The van der Waals surface area contributed by atoms with Crippen molar-refractivity contribution in [3.8, 4) is 0 Å². The first-order valence-electron chi connectivity index (χ1n) is 7.86. The van der Waals surface area contributed by atoms with Crippen LogP contribution in [-0.4, -0.2) is 54.5 Å². The van der Waals surface area contributed by atoms with E-state index in [0.29, 0.717) is 6.04 Å². The number of nitrogens with zero attached hydrogens (tertiary/aromatic N) is 1. The zero-order valence-corrected chi connectivity index (χ0v) is 12.7. The Morgan fingerprint density at radius 1 is 1.30 bits per heavy atom. The second-order valence-electron chi connectivity index (χ2n) is 6.31. The molecule has 116 valence electrons. The number of ether oxygens (including phenoxy) is 1. The molecule has 2 aliphatic rings. The normalized spacial score (nSPS) is 30.8. The molecule has 1 heterocycles. The number of likely N-dealkylation sites (tertiary alicyclic amines) is 1. The van der Waals surface area contributed by atoms with Crippen molar-refractivity contribution in [3.05, 3.63) is 0 Å². The van der Waals surface area contributed by atoms with Gasteiger partial charge in [-0.15, -0.1) is 0 Å². The largest absolute Gasteiger partial charge is 0.453 e. The van der Waals surface area contributed by atoms with Crippen LogP contribution in [0.1, 0.15) is 45.4 Å². The molecule has 1 aliphatic heterocycles. The molecule has 3 atom stereocenters. The topological polar surface area (TPSA) is 61.8 Å². The summed E-state index contributed by atoms with van der Waals surface area (Å²) in [5.41, 5.74) is 0. The molecule has 1 saturated carbocycles. The van der Waals surface area contributed by atoms with Crippen molar-refractivity contribution in [1.29, 1.82) is 0 Å². The molecular weight excluding hydrogens is 256 g/mol. The number of rotatable bonds is 3. The fourth-order valence-electron chi connectivity index (χ4n) is 3.60. The molecule has 0 radical (unpaired) electrons. The van der Waals surface area contributed by atoms with Crippen LogP contribution in [0.2, 0.25) is 0 Å². The number of carbonyl (C=O) groups excluding carboxylic acids is 1. The summed E-state index contributed by atoms with van der Waals surface area (Å²) in [6.07, 6.45) is 6.57. The van der Waals surface area contributed by atoms with E-state index in [9.17, 15) is 9.90 Å². The van der Waals surface area contributed by atoms with Gasteiger partial charge in [-0.3, -0.25) is 4.90 Å². The first-order valence-corrected chi connectivity index (χ1v) is 7.86. The lowest BCUT2D eigenvalue weighted by atomic mass is 9.86. The second-order valence-corrected chi connectivity index (χ2v) is 6.31. The number of piperidine rings is 1. The van der Waals surface area contributed by atoms with E-state index in [1.807, 2.05) is 6.92 Å². The Kier molecular flexibility index (Phi) is 5.66. The number of hydrogen-bond donors (Lipinski definition) is 2. The van der Waals surface area contributed by atoms with Crippen LogP contribution in [0.25, 0.3) is 0 Å². The zero-order valence-electron chi connectivity index (χ0n) is 12.7. The molecule has 20 heavy (non-hydrogen) atoms. The molecule has 3 unspecified atom stereocenters. The first kappa shape index (κ1) is 15.6. The number of aliphatic hydroxyl groups excluding tert-OH is 1. The summed E-state index contributed by atoms with van der Waals surface area (Å²) in [6.45, 7) is 3.68. The highest BCUT2D eigenvalue weighted by Crippen LogP contribution is 2.28. The van der Waals surface area contributed by atoms with E-state index >= 15 is 0 Å². The SMILES string of the molecule is COC(=O)NC1CC(C(C)O)CN(C2CCCCC2)C1. The minimum absolute atomic E-state index is 0.0812. The molecule has 0 aromatic carbocycles. The minimum atomic E-state index is -0.371. The van der Waals surface area contributed by atoms with E-state index in [4.69, 9.17) is 4.74 Å². The van der Waals surface area contributed by atoms with Gasteiger partial charge in [-0.05, 0) is 32.1 Å². The van der Waals surface area contributed by atoms with E-state index in [1.54, 1.807) is 0 Å². The number of nitrogens with one attached hydrogen (secondary N) is 1. The average Bonchev–Trinajstić information content (AvgIpc) is 2.47. The summed E-state index contributed by atoms with van der Waals surface area (Å²) in [5.74, 6) is 0.229. The Labute approximate surface area is 121 Å². The number of alkyl carbamates (subject to hydrolysis) is 1. The summed E-state index contributed by atoms with van der Waals surface area (Å²) in [5, 5.41) is 12.8. The molecular formula is C15H28N2O3. The van der Waals surface area contributed by atoms with Gasteiger partial charge in [0.2, 0.25) is 0 Å². The van der Waals surface area contributed by atoms with Crippen molar-refractivity contribution in [1.82, 2.24) is 10.2 Å². The smallest absolute Gasteiger partial charge is 0.407 e. The van der Waals surface area contributed by atoms with Crippen molar-refractivity contribution >= 4 is 6.09 Å². The fourth-order valence-corrected chi connectivity index (χ4v) is 3.60. The predicted octanol–water partition coefficient (Wildman–Crippen LogP) is 1.75. The van der Waals surface area contributed by atoms with Crippen LogP contribution >= 0.6 is 0 Å². The molecule has 0 aromatic heterocycles. The number of aliphatic hydroxyl groups is 1. The molecule has 2 rings (SSSR count). The summed E-state index contributed by atoms with van der Waals surface area (Å²) >= 11 is 0. The lowest BCUT2D eigenvalue weighted by Crippen LogP contribution is -2.55. The molecule has 0 bridgehead atoms. The van der Waals surface area contributed by atoms with Gasteiger partial charge in [0.15, 0.2) is 0 Å². The van der Waals surface area contributed by atoms with E-state index in [2.05, 4.69) is 10.2 Å².